The van der Waals surface area contributed by atoms with Crippen molar-refractivity contribution in [1.29, 1.82) is 0 Å². The van der Waals surface area contributed by atoms with Gasteiger partial charge in [-0.05, 0) is 53.7 Å². The van der Waals surface area contributed by atoms with Crippen molar-refractivity contribution in [3.63, 3.8) is 0 Å². The number of carbonyl (C=O) groups is 1. The monoisotopic (exact) mass is 329 g/mol. The number of aromatic nitrogens is 3. The SMILES string of the molecule is Cc1nn(C(C)C)c(C)c1NC(=O)N(Cc1ccccn1)C(C)C. The predicted octanol–water partition coefficient (Wildman–Crippen LogP) is 3.92. The second kappa shape index (κ2) is 7.47. The number of nitrogens with zero attached hydrogens (tertiary/aromatic N) is 4. The molecule has 0 fully saturated rings. The molecule has 2 amide bonds. The van der Waals surface area contributed by atoms with E-state index in [0.29, 0.717) is 6.54 Å². The van der Waals surface area contributed by atoms with Gasteiger partial charge in [-0.3, -0.25) is 9.67 Å². The van der Waals surface area contributed by atoms with Crippen LogP contribution in [-0.4, -0.2) is 31.7 Å². The molecule has 0 saturated carbocycles. The second-order valence-corrected chi connectivity index (χ2v) is 6.56. The van der Waals surface area contributed by atoms with Crippen LogP contribution in [0.3, 0.4) is 0 Å². The number of hydrogen-bond donors (Lipinski definition) is 1. The van der Waals surface area contributed by atoms with Crippen LogP contribution in [0.5, 0.6) is 0 Å². The van der Waals surface area contributed by atoms with Gasteiger partial charge in [-0.2, -0.15) is 5.10 Å². The van der Waals surface area contributed by atoms with Gasteiger partial charge in [0.15, 0.2) is 0 Å². The third kappa shape index (κ3) is 3.93. The van der Waals surface area contributed by atoms with E-state index in [-0.39, 0.29) is 18.1 Å². The summed E-state index contributed by atoms with van der Waals surface area (Å²) < 4.78 is 1.93. The van der Waals surface area contributed by atoms with Crippen molar-refractivity contribution in [3.8, 4) is 0 Å². The summed E-state index contributed by atoms with van der Waals surface area (Å²) in [6, 6.07) is 5.91. The van der Waals surface area contributed by atoms with E-state index in [0.717, 1.165) is 22.8 Å². The zero-order chi connectivity index (χ0) is 17.9. The van der Waals surface area contributed by atoms with Crippen LogP contribution >= 0.6 is 0 Å². The predicted molar refractivity (Wildman–Crippen MR) is 96.0 cm³/mol. The van der Waals surface area contributed by atoms with Crippen molar-refractivity contribution in [2.24, 2.45) is 0 Å². The summed E-state index contributed by atoms with van der Waals surface area (Å²) in [5.41, 5.74) is 3.46. The molecule has 0 spiro atoms. The van der Waals surface area contributed by atoms with Gasteiger partial charge in [-0.25, -0.2) is 4.79 Å². The van der Waals surface area contributed by atoms with Crippen LogP contribution in [0.2, 0.25) is 0 Å². The van der Waals surface area contributed by atoms with E-state index in [4.69, 9.17) is 0 Å². The average molecular weight is 329 g/mol. The Balaban J connectivity index is 2.20. The Morgan fingerprint density at radius 1 is 1.25 bits per heavy atom. The first-order valence-corrected chi connectivity index (χ1v) is 8.34. The van der Waals surface area contributed by atoms with Crippen molar-refractivity contribution >= 4 is 11.7 Å². The molecule has 2 aromatic rings. The summed E-state index contributed by atoms with van der Waals surface area (Å²) in [5.74, 6) is 0. The Kier molecular flexibility index (Phi) is 5.59. The largest absolute Gasteiger partial charge is 0.322 e. The number of amides is 2. The second-order valence-electron chi connectivity index (χ2n) is 6.56. The summed E-state index contributed by atoms with van der Waals surface area (Å²) in [5, 5.41) is 7.55. The smallest absolute Gasteiger partial charge is 0.316 e. The zero-order valence-corrected chi connectivity index (χ0v) is 15.4. The van der Waals surface area contributed by atoms with Gasteiger partial charge in [0.25, 0.3) is 0 Å². The van der Waals surface area contributed by atoms with Gasteiger partial charge in [0.2, 0.25) is 0 Å². The van der Waals surface area contributed by atoms with E-state index in [1.54, 1.807) is 11.1 Å². The van der Waals surface area contributed by atoms with E-state index >= 15 is 0 Å². The lowest BCUT2D eigenvalue weighted by molar-refractivity contribution is 0.193. The number of rotatable bonds is 5. The molecule has 24 heavy (non-hydrogen) atoms. The van der Waals surface area contributed by atoms with E-state index < -0.39 is 0 Å². The lowest BCUT2D eigenvalue weighted by atomic mass is 10.2. The van der Waals surface area contributed by atoms with Gasteiger partial charge in [0.05, 0.1) is 29.3 Å². The molecule has 6 heteroatoms. The summed E-state index contributed by atoms with van der Waals surface area (Å²) in [4.78, 5) is 18.9. The van der Waals surface area contributed by atoms with E-state index in [9.17, 15) is 4.79 Å². The standard InChI is InChI=1S/C18H27N5O/c1-12(2)22(11-16-9-7-8-10-19-16)18(24)20-17-14(5)21-23(13(3)4)15(17)6/h7-10,12-13H,11H2,1-6H3,(H,20,24). The Labute approximate surface area is 143 Å². The molecule has 0 bridgehead atoms. The van der Waals surface area contributed by atoms with E-state index in [2.05, 4.69) is 29.2 Å². The van der Waals surface area contributed by atoms with Crippen LogP contribution in [0, 0.1) is 13.8 Å². The van der Waals surface area contributed by atoms with Gasteiger partial charge < -0.3 is 10.2 Å². The molecule has 130 valence electrons. The molecule has 1 N–H and O–H groups in total. The Morgan fingerprint density at radius 3 is 2.46 bits per heavy atom. The highest BCUT2D eigenvalue weighted by Gasteiger charge is 2.21. The maximum atomic E-state index is 12.8. The molecule has 0 aliphatic rings. The maximum absolute atomic E-state index is 12.8. The lowest BCUT2D eigenvalue weighted by Gasteiger charge is -2.26. The molecule has 2 aromatic heterocycles. The van der Waals surface area contributed by atoms with Crippen molar-refractivity contribution in [2.45, 2.75) is 60.2 Å². The van der Waals surface area contributed by atoms with Gasteiger partial charge >= 0.3 is 6.03 Å². The quantitative estimate of drug-likeness (QED) is 0.904. The van der Waals surface area contributed by atoms with Crippen LogP contribution in [0.25, 0.3) is 0 Å². The highest BCUT2D eigenvalue weighted by Crippen LogP contribution is 2.23. The van der Waals surface area contributed by atoms with Crippen LogP contribution in [0.1, 0.15) is 50.8 Å². The minimum Gasteiger partial charge on any atom is -0.316 e. The number of aryl methyl sites for hydroxylation is 1. The van der Waals surface area contributed by atoms with Crippen LogP contribution in [0.15, 0.2) is 24.4 Å². The Morgan fingerprint density at radius 2 is 1.96 bits per heavy atom. The van der Waals surface area contributed by atoms with Crippen LogP contribution in [-0.2, 0) is 6.54 Å². The molecule has 0 unspecified atom stereocenters. The molecule has 0 radical (unpaired) electrons. The Bertz CT molecular complexity index is 691. The van der Waals surface area contributed by atoms with E-state index in [1.807, 2.05) is 50.6 Å². The average Bonchev–Trinajstić information content (AvgIpc) is 2.81. The summed E-state index contributed by atoms with van der Waals surface area (Å²) >= 11 is 0. The molecular formula is C18H27N5O. The number of urea groups is 1. The topological polar surface area (TPSA) is 63.1 Å². The van der Waals surface area contributed by atoms with Crippen molar-refractivity contribution in [3.05, 3.63) is 41.5 Å². The molecule has 6 nitrogen and oxygen atoms in total. The van der Waals surface area contributed by atoms with Gasteiger partial charge in [-0.15, -0.1) is 0 Å². The highest BCUT2D eigenvalue weighted by atomic mass is 16.2. The minimum absolute atomic E-state index is 0.0627. The molecule has 2 rings (SSSR count). The zero-order valence-electron chi connectivity index (χ0n) is 15.4. The highest BCUT2D eigenvalue weighted by molar-refractivity contribution is 5.90. The normalized spacial score (nSPS) is 11.2. The number of anilines is 1. The lowest BCUT2D eigenvalue weighted by Crippen LogP contribution is -2.39. The van der Waals surface area contributed by atoms with Gasteiger partial charge in [-0.1, -0.05) is 6.07 Å². The van der Waals surface area contributed by atoms with Gasteiger partial charge in [0.1, 0.15) is 0 Å². The number of pyridine rings is 1. The third-order valence-electron chi connectivity index (χ3n) is 3.99. The molecule has 0 atom stereocenters. The van der Waals surface area contributed by atoms with Crippen molar-refractivity contribution < 1.29 is 4.79 Å². The fraction of sp³-hybridized carbons (Fsp3) is 0.500. The molecule has 0 saturated heterocycles. The summed E-state index contributed by atoms with van der Waals surface area (Å²) in [6.45, 7) is 12.5. The first kappa shape index (κ1) is 18.0. The fourth-order valence-corrected chi connectivity index (χ4v) is 2.68. The first-order chi connectivity index (χ1) is 11.3. The summed E-state index contributed by atoms with van der Waals surface area (Å²) in [6.07, 6.45) is 1.74. The van der Waals surface area contributed by atoms with Gasteiger partial charge in [0, 0.05) is 18.3 Å². The third-order valence-corrected chi connectivity index (χ3v) is 3.99. The molecule has 2 heterocycles. The van der Waals surface area contributed by atoms with Crippen LogP contribution in [0.4, 0.5) is 10.5 Å². The van der Waals surface area contributed by atoms with Crippen molar-refractivity contribution in [1.82, 2.24) is 19.7 Å². The number of carbonyl (C=O) groups excluding carboxylic acids is 1. The maximum Gasteiger partial charge on any atom is 0.322 e. The summed E-state index contributed by atoms with van der Waals surface area (Å²) in [7, 11) is 0. The van der Waals surface area contributed by atoms with Crippen molar-refractivity contribution in [2.75, 3.05) is 5.32 Å². The first-order valence-electron chi connectivity index (χ1n) is 8.34. The van der Waals surface area contributed by atoms with E-state index in [1.165, 1.54) is 0 Å². The number of hydrogen-bond acceptors (Lipinski definition) is 3. The molecule has 0 aliphatic heterocycles. The molecule has 0 aliphatic carbocycles. The Hall–Kier alpha value is -2.37. The molecular weight excluding hydrogens is 302 g/mol. The number of nitrogens with one attached hydrogen (secondary N) is 1. The van der Waals surface area contributed by atoms with Crippen LogP contribution < -0.4 is 5.32 Å². The minimum atomic E-state index is -0.134. The fourth-order valence-electron chi connectivity index (χ4n) is 2.68. The molecule has 0 aromatic carbocycles.